The molecular weight excluding hydrogens is 817 g/mol. The van der Waals surface area contributed by atoms with Crippen molar-refractivity contribution in [3.05, 3.63) is 52.5 Å². The molecule has 0 radical (unpaired) electrons. The number of halogens is 2. The summed E-state index contributed by atoms with van der Waals surface area (Å²) >= 11 is 6.17. The number of hydrogen-bond acceptors (Lipinski definition) is 11. The van der Waals surface area contributed by atoms with Gasteiger partial charge in [-0.3, -0.25) is 39.1 Å². The molecule has 1 aromatic heterocycles. The first-order valence-corrected chi connectivity index (χ1v) is 22.5. The van der Waals surface area contributed by atoms with E-state index in [2.05, 4.69) is 35.1 Å². The van der Waals surface area contributed by atoms with Crippen molar-refractivity contribution in [2.24, 2.45) is 23.2 Å². The molecule has 62 heavy (non-hydrogen) atoms. The highest BCUT2D eigenvalue weighted by Crippen LogP contribution is 2.45. The number of likely N-dealkylation sites (tertiary alicyclic amines) is 3. The van der Waals surface area contributed by atoms with Crippen molar-refractivity contribution in [3.8, 4) is 5.75 Å². The third-order valence-corrected chi connectivity index (χ3v) is 15.2. The van der Waals surface area contributed by atoms with Gasteiger partial charge in [-0.15, -0.1) is 10.2 Å². The van der Waals surface area contributed by atoms with Gasteiger partial charge in [0, 0.05) is 62.3 Å². The summed E-state index contributed by atoms with van der Waals surface area (Å²) < 4.78 is 46.5. The molecule has 5 aliphatic heterocycles. The predicted octanol–water partition coefficient (Wildman–Crippen LogP) is 4.66. The van der Waals surface area contributed by atoms with Crippen LogP contribution in [0.2, 0.25) is 5.02 Å². The molecule has 330 valence electrons. The molecule has 7 fully saturated rings. The van der Waals surface area contributed by atoms with E-state index < -0.39 is 72.6 Å². The van der Waals surface area contributed by atoms with Gasteiger partial charge in [0.25, 0.3) is 5.91 Å². The zero-order chi connectivity index (χ0) is 45.8. The van der Waals surface area contributed by atoms with E-state index in [1.807, 2.05) is 0 Å². The predicted molar refractivity (Wildman–Crippen MR) is 226 cm³/mol. The van der Waals surface area contributed by atoms with Crippen LogP contribution >= 0.6 is 11.6 Å². The zero-order valence-electron chi connectivity index (χ0n) is 37.7. The van der Waals surface area contributed by atoms with Crippen LogP contribution in [0.5, 0.6) is 5.75 Å². The van der Waals surface area contributed by atoms with Gasteiger partial charge in [0.2, 0.25) is 29.3 Å². The van der Waals surface area contributed by atoms with E-state index in [4.69, 9.17) is 27.0 Å². The Morgan fingerprint density at radius 1 is 0.984 bits per heavy atom. The minimum absolute atomic E-state index is 0.0117. The average Bonchev–Trinajstić information content (AvgIpc) is 3.50. The minimum atomic E-state index is -2.67. The number of fused-ring (bicyclic) bond motifs is 1. The van der Waals surface area contributed by atoms with Gasteiger partial charge < -0.3 is 19.4 Å². The number of rotatable bonds is 9. The minimum Gasteiger partial charge on any atom is -0.490 e. The van der Waals surface area contributed by atoms with E-state index in [1.165, 1.54) is 0 Å². The largest absolute Gasteiger partial charge is 0.490 e. The van der Waals surface area contributed by atoms with Gasteiger partial charge in [0.05, 0.1) is 29.5 Å². The first-order valence-electron chi connectivity index (χ1n) is 23.7. The number of benzene rings is 1. The number of alkyl halides is 1. The van der Waals surface area contributed by atoms with E-state index in [0.717, 1.165) is 81.3 Å². The summed E-state index contributed by atoms with van der Waals surface area (Å²) in [5.74, 6) is -2.36. The molecule has 1 spiro atoms. The van der Waals surface area contributed by atoms with Gasteiger partial charge in [0.15, 0.2) is 11.5 Å². The molecule has 5 unspecified atom stereocenters. The van der Waals surface area contributed by atoms with E-state index in [1.54, 1.807) is 30.3 Å². The van der Waals surface area contributed by atoms with E-state index in [-0.39, 0.29) is 42.9 Å². The number of aromatic nitrogens is 2. The summed E-state index contributed by atoms with van der Waals surface area (Å²) in [7, 11) is 0. The molecule has 0 bridgehead atoms. The average molecular weight is 875 g/mol. The number of carbonyl (C=O) groups is 5. The molecule has 7 aliphatic rings. The van der Waals surface area contributed by atoms with Crippen LogP contribution in [0.15, 0.2) is 30.3 Å². The number of hydrogen-bond donors (Lipinski definition) is 1. The lowest BCUT2D eigenvalue weighted by Gasteiger charge is -2.55. The molecule has 5 saturated heterocycles. The highest BCUT2D eigenvalue weighted by Gasteiger charge is 2.57. The summed E-state index contributed by atoms with van der Waals surface area (Å²) in [6, 6.07) is 6.25. The standard InChI is InChI=1S/C45H55ClFN9O6/c1-48-35-8-7-30(21-33(35)46)62-29-5-3-28(4-6-29)52(2)44(61)36-9-11-39(51-50-36)55-19-15-45(16-20-55)25-53(26-45)24-27-13-17-54(18-14-27)38-23-32-31(22-34(38)47)42(59)56(43(32)60)37-10-12-40(57)49-41(37)58/h7-9,11,21,27-29,31-32,34,37-38H,3-6,10,12-20,22-26H2,2H3,(H,49,57,58)/i2D3. The van der Waals surface area contributed by atoms with E-state index in [9.17, 15) is 24.0 Å². The number of nitrogens with one attached hydrogen (secondary N) is 1. The molecule has 9 rings (SSSR count). The van der Waals surface area contributed by atoms with Crippen LogP contribution in [0.4, 0.5) is 15.9 Å². The van der Waals surface area contributed by atoms with Gasteiger partial charge in [0.1, 0.15) is 18.0 Å². The normalized spacial score (nSPS) is 31.6. The Kier molecular flexibility index (Phi) is 11.0. The third-order valence-electron chi connectivity index (χ3n) is 14.8. The molecular formula is C45H55ClFN9O6. The quantitative estimate of drug-likeness (QED) is 0.277. The van der Waals surface area contributed by atoms with Crippen molar-refractivity contribution in [1.82, 2.24) is 35.1 Å². The molecule has 2 aliphatic carbocycles. The topological polar surface area (TPSA) is 153 Å². The summed E-state index contributed by atoms with van der Waals surface area (Å²) in [4.78, 5) is 76.8. The van der Waals surface area contributed by atoms with Crippen molar-refractivity contribution in [3.63, 3.8) is 0 Å². The lowest BCUT2D eigenvalue weighted by molar-refractivity contribution is -0.151. The van der Waals surface area contributed by atoms with Crippen molar-refractivity contribution in [1.29, 1.82) is 0 Å². The molecule has 15 nitrogen and oxygen atoms in total. The summed E-state index contributed by atoms with van der Waals surface area (Å²) in [6.07, 6.45) is 4.78. The maximum absolute atomic E-state index is 15.7. The Hall–Kier alpha value is -4.72. The number of imide groups is 2. The number of ether oxygens (including phenoxy) is 1. The monoisotopic (exact) mass is 874 g/mol. The second-order valence-electron chi connectivity index (χ2n) is 18.6. The summed E-state index contributed by atoms with van der Waals surface area (Å²) in [6.45, 7) is 10.6. The fourth-order valence-corrected chi connectivity index (χ4v) is 11.5. The first-order chi connectivity index (χ1) is 31.1. The van der Waals surface area contributed by atoms with Crippen LogP contribution in [0.1, 0.15) is 91.7 Å². The Bertz CT molecular complexity index is 2220. The SMILES string of the molecule is [2H]C([2H])([2H])N(C(=O)c1ccc(N2CCC3(CC2)CN(CC2CCN(C4CC5C(=O)N(C6CCC(=O)NC6=O)C(=O)C5CC4F)CC2)C3)nn1)C1CCC(Oc2ccc([N+]#[C-])c(Cl)c2)CC1. The molecule has 17 heteroatoms. The van der Waals surface area contributed by atoms with Gasteiger partial charge in [-0.25, -0.2) is 9.24 Å². The van der Waals surface area contributed by atoms with Gasteiger partial charge in [-0.2, -0.15) is 0 Å². The van der Waals surface area contributed by atoms with E-state index in [0.29, 0.717) is 53.9 Å². The number of nitrogens with zero attached hydrogens (tertiary/aromatic N) is 8. The molecule has 2 saturated carbocycles. The number of piperidine rings is 3. The highest BCUT2D eigenvalue weighted by molar-refractivity contribution is 6.33. The van der Waals surface area contributed by atoms with Gasteiger partial charge >= 0.3 is 0 Å². The first kappa shape index (κ1) is 38.9. The van der Waals surface area contributed by atoms with Crippen LogP contribution in [0.25, 0.3) is 4.85 Å². The lowest BCUT2D eigenvalue weighted by atomic mass is 9.71. The second kappa shape index (κ2) is 17.4. The van der Waals surface area contributed by atoms with Crippen LogP contribution in [0, 0.1) is 29.7 Å². The van der Waals surface area contributed by atoms with Crippen LogP contribution in [-0.2, 0) is 19.2 Å². The summed E-state index contributed by atoms with van der Waals surface area (Å²) in [5, 5.41) is 11.2. The van der Waals surface area contributed by atoms with Gasteiger partial charge in [-0.1, -0.05) is 17.7 Å². The summed E-state index contributed by atoms with van der Waals surface area (Å²) in [5.41, 5.74) is 0.558. The molecule has 1 N–H and O–H groups in total. The van der Waals surface area contributed by atoms with Crippen LogP contribution < -0.4 is 15.0 Å². The zero-order valence-corrected chi connectivity index (χ0v) is 35.5. The van der Waals surface area contributed by atoms with Crippen molar-refractivity contribution in [2.75, 3.05) is 57.7 Å². The smallest absolute Gasteiger partial charge is 0.274 e. The van der Waals surface area contributed by atoms with Crippen LogP contribution in [0.3, 0.4) is 0 Å². The Labute approximate surface area is 370 Å². The van der Waals surface area contributed by atoms with Crippen LogP contribution in [-0.4, -0.2) is 143 Å². The second-order valence-corrected chi connectivity index (χ2v) is 19.0. The fraction of sp³-hybridized carbons (Fsp3) is 0.644. The molecule has 5 amide bonds. The molecule has 2 aromatic rings. The Morgan fingerprint density at radius 3 is 2.35 bits per heavy atom. The maximum atomic E-state index is 15.7. The molecule has 1 aromatic carbocycles. The highest BCUT2D eigenvalue weighted by atomic mass is 35.5. The van der Waals surface area contributed by atoms with Crippen molar-refractivity contribution < 1.29 is 37.2 Å². The van der Waals surface area contributed by atoms with E-state index >= 15 is 4.39 Å². The Morgan fingerprint density at radius 2 is 1.71 bits per heavy atom. The number of carbonyl (C=O) groups excluding carboxylic acids is 5. The fourth-order valence-electron chi connectivity index (χ4n) is 11.3. The maximum Gasteiger partial charge on any atom is 0.274 e. The third kappa shape index (κ3) is 8.40. The van der Waals surface area contributed by atoms with Crippen molar-refractivity contribution in [2.45, 2.75) is 107 Å². The lowest BCUT2D eigenvalue weighted by Crippen LogP contribution is -2.61. The number of anilines is 1. The molecule has 6 heterocycles. The van der Waals surface area contributed by atoms with Crippen molar-refractivity contribution >= 4 is 52.6 Å². The van der Waals surface area contributed by atoms with Gasteiger partial charge in [-0.05, 0) is 119 Å². The number of amides is 5. The molecule has 5 atom stereocenters. The Balaban J connectivity index is 0.707.